The summed E-state index contributed by atoms with van der Waals surface area (Å²) in [7, 11) is 1.69. The van der Waals surface area contributed by atoms with Gasteiger partial charge in [0.15, 0.2) is 0 Å². The molecule has 0 aliphatic heterocycles. The van der Waals surface area contributed by atoms with Gasteiger partial charge in [-0.05, 0) is 23.6 Å². The monoisotopic (exact) mass is 338 g/mol. The van der Waals surface area contributed by atoms with E-state index in [9.17, 15) is 9.59 Å². The number of thiophene rings is 1. The number of hydrogen-bond donors (Lipinski definition) is 2. The summed E-state index contributed by atoms with van der Waals surface area (Å²) in [5, 5.41) is 2.82. The van der Waals surface area contributed by atoms with E-state index in [1.807, 2.05) is 35.7 Å². The number of carbonyl (C=O) groups excluding carboxylic acids is 1. The predicted molar refractivity (Wildman–Crippen MR) is 94.3 cm³/mol. The number of nitrogens with one attached hydrogen (secondary N) is 2. The molecule has 0 spiro atoms. The minimum atomic E-state index is -0.170. The second-order valence-electron chi connectivity index (χ2n) is 5.58. The molecule has 0 unspecified atom stereocenters. The molecule has 0 aliphatic carbocycles. The van der Waals surface area contributed by atoms with Crippen molar-refractivity contribution < 1.29 is 4.79 Å². The van der Waals surface area contributed by atoms with Crippen LogP contribution in [-0.4, -0.2) is 32.8 Å². The number of carbonyl (C=O) groups is 1. The molecule has 0 radical (unpaired) electrons. The second kappa shape index (κ2) is 5.61. The van der Waals surface area contributed by atoms with Crippen molar-refractivity contribution in [3.63, 3.8) is 0 Å². The van der Waals surface area contributed by atoms with Crippen LogP contribution in [0.4, 0.5) is 0 Å². The van der Waals surface area contributed by atoms with E-state index in [0.717, 1.165) is 10.9 Å². The molecule has 0 saturated heterocycles. The topological polar surface area (TPSA) is 81.8 Å². The van der Waals surface area contributed by atoms with Gasteiger partial charge in [-0.15, -0.1) is 11.3 Å². The van der Waals surface area contributed by atoms with Crippen LogP contribution in [0.3, 0.4) is 0 Å². The van der Waals surface area contributed by atoms with Crippen LogP contribution in [0.2, 0.25) is 0 Å². The number of nitrogens with zero attached hydrogens (tertiary/aromatic N) is 2. The number of amides is 1. The number of benzene rings is 1. The predicted octanol–water partition coefficient (Wildman–Crippen LogP) is 2.74. The standard InChI is InChI=1S/C17H14N4O2S/c1-21(9-14-19-12-6-7-24-15(12)16(22)20-14)17(23)13-8-10-4-2-3-5-11(10)18-13/h2-8,18H,9H2,1H3,(H,19,20,22). The summed E-state index contributed by atoms with van der Waals surface area (Å²) < 4.78 is 0.600. The Morgan fingerprint density at radius 2 is 2.08 bits per heavy atom. The van der Waals surface area contributed by atoms with Gasteiger partial charge in [0.25, 0.3) is 11.5 Å². The maximum Gasteiger partial charge on any atom is 0.270 e. The number of rotatable bonds is 3. The number of aromatic nitrogens is 3. The van der Waals surface area contributed by atoms with E-state index < -0.39 is 0 Å². The van der Waals surface area contributed by atoms with Crippen molar-refractivity contribution in [1.82, 2.24) is 19.9 Å². The molecule has 0 saturated carbocycles. The zero-order chi connectivity index (χ0) is 16.7. The highest BCUT2D eigenvalue weighted by Crippen LogP contribution is 2.17. The number of aromatic amines is 2. The largest absolute Gasteiger partial charge is 0.351 e. The minimum Gasteiger partial charge on any atom is -0.351 e. The van der Waals surface area contributed by atoms with Crippen molar-refractivity contribution in [2.45, 2.75) is 6.54 Å². The molecular weight excluding hydrogens is 324 g/mol. The molecule has 3 heterocycles. The minimum absolute atomic E-state index is 0.153. The lowest BCUT2D eigenvalue weighted by Gasteiger charge is -2.15. The van der Waals surface area contributed by atoms with Gasteiger partial charge in [0.2, 0.25) is 0 Å². The van der Waals surface area contributed by atoms with Gasteiger partial charge >= 0.3 is 0 Å². The first kappa shape index (κ1) is 14.6. The zero-order valence-corrected chi connectivity index (χ0v) is 13.7. The first-order valence-corrected chi connectivity index (χ1v) is 8.29. The SMILES string of the molecule is CN(Cc1nc2ccsc2c(=O)[nH]1)C(=O)c1cc2ccccc2[nH]1. The fraction of sp³-hybridized carbons (Fsp3) is 0.118. The molecule has 6 nitrogen and oxygen atoms in total. The summed E-state index contributed by atoms with van der Waals surface area (Å²) in [4.78, 5) is 36.4. The highest BCUT2D eigenvalue weighted by molar-refractivity contribution is 7.17. The Hall–Kier alpha value is -2.93. The quantitative estimate of drug-likeness (QED) is 0.602. The summed E-state index contributed by atoms with van der Waals surface area (Å²) in [5.41, 5.74) is 1.92. The third-order valence-corrected chi connectivity index (χ3v) is 4.76. The van der Waals surface area contributed by atoms with Gasteiger partial charge in [-0.1, -0.05) is 18.2 Å². The summed E-state index contributed by atoms with van der Waals surface area (Å²) >= 11 is 1.36. The molecule has 0 aliphatic rings. The van der Waals surface area contributed by atoms with Gasteiger partial charge in [0.1, 0.15) is 16.2 Å². The van der Waals surface area contributed by atoms with E-state index in [2.05, 4.69) is 15.0 Å². The van der Waals surface area contributed by atoms with E-state index >= 15 is 0 Å². The average Bonchev–Trinajstić information content (AvgIpc) is 3.20. The van der Waals surface area contributed by atoms with Crippen molar-refractivity contribution in [1.29, 1.82) is 0 Å². The van der Waals surface area contributed by atoms with Crippen molar-refractivity contribution in [2.75, 3.05) is 7.05 Å². The molecule has 7 heteroatoms. The van der Waals surface area contributed by atoms with Gasteiger partial charge in [0, 0.05) is 18.0 Å². The molecule has 2 N–H and O–H groups in total. The number of para-hydroxylation sites is 1. The van der Waals surface area contributed by atoms with Gasteiger partial charge in [-0.2, -0.15) is 0 Å². The van der Waals surface area contributed by atoms with E-state index in [0.29, 0.717) is 21.7 Å². The van der Waals surface area contributed by atoms with Crippen LogP contribution in [0, 0.1) is 0 Å². The molecule has 0 fully saturated rings. The van der Waals surface area contributed by atoms with E-state index in [1.54, 1.807) is 13.1 Å². The number of H-pyrrole nitrogens is 2. The molecule has 3 aromatic heterocycles. The Morgan fingerprint density at radius 3 is 2.92 bits per heavy atom. The van der Waals surface area contributed by atoms with E-state index in [4.69, 9.17) is 0 Å². The Kier molecular flexibility index (Phi) is 3.42. The third-order valence-electron chi connectivity index (χ3n) is 3.86. The molecule has 4 rings (SSSR count). The average molecular weight is 338 g/mol. The fourth-order valence-corrected chi connectivity index (χ4v) is 3.41. The Bertz CT molecular complexity index is 1080. The second-order valence-corrected chi connectivity index (χ2v) is 6.50. The Morgan fingerprint density at radius 1 is 1.25 bits per heavy atom. The number of fused-ring (bicyclic) bond motifs is 2. The van der Waals surface area contributed by atoms with Gasteiger partial charge in [-0.3, -0.25) is 9.59 Å². The summed E-state index contributed by atoms with van der Waals surface area (Å²) in [6.45, 7) is 0.231. The molecule has 1 amide bonds. The molecule has 120 valence electrons. The molecular formula is C17H14N4O2S. The van der Waals surface area contributed by atoms with Crippen LogP contribution >= 0.6 is 11.3 Å². The molecule has 0 atom stereocenters. The van der Waals surface area contributed by atoms with Crippen LogP contribution in [0.25, 0.3) is 21.1 Å². The van der Waals surface area contributed by atoms with Crippen LogP contribution in [0.5, 0.6) is 0 Å². The molecule has 1 aromatic carbocycles. The van der Waals surface area contributed by atoms with Crippen molar-refractivity contribution in [3.8, 4) is 0 Å². The maximum atomic E-state index is 12.6. The first-order chi connectivity index (χ1) is 11.6. The smallest absolute Gasteiger partial charge is 0.270 e. The Labute approximate surface area is 140 Å². The van der Waals surface area contributed by atoms with Crippen LogP contribution < -0.4 is 5.56 Å². The highest BCUT2D eigenvalue weighted by Gasteiger charge is 2.16. The summed E-state index contributed by atoms with van der Waals surface area (Å²) in [6, 6.07) is 11.4. The van der Waals surface area contributed by atoms with Gasteiger partial charge in [-0.25, -0.2) is 4.98 Å². The maximum absolute atomic E-state index is 12.6. The lowest BCUT2D eigenvalue weighted by atomic mass is 10.2. The lowest BCUT2D eigenvalue weighted by molar-refractivity contribution is 0.0776. The van der Waals surface area contributed by atoms with E-state index in [-0.39, 0.29) is 18.0 Å². The third kappa shape index (κ3) is 2.48. The van der Waals surface area contributed by atoms with Gasteiger partial charge < -0.3 is 14.9 Å². The Balaban J connectivity index is 1.61. The fourth-order valence-electron chi connectivity index (χ4n) is 2.69. The zero-order valence-electron chi connectivity index (χ0n) is 12.9. The highest BCUT2D eigenvalue weighted by atomic mass is 32.1. The van der Waals surface area contributed by atoms with Crippen molar-refractivity contribution in [3.05, 3.63) is 63.7 Å². The van der Waals surface area contributed by atoms with Gasteiger partial charge in [0.05, 0.1) is 12.1 Å². The normalized spacial score (nSPS) is 11.2. The summed E-state index contributed by atoms with van der Waals surface area (Å²) in [5.74, 6) is 0.317. The molecule has 0 bridgehead atoms. The summed E-state index contributed by atoms with van der Waals surface area (Å²) in [6.07, 6.45) is 0. The number of hydrogen-bond acceptors (Lipinski definition) is 4. The van der Waals surface area contributed by atoms with E-state index in [1.165, 1.54) is 16.2 Å². The van der Waals surface area contributed by atoms with Crippen molar-refractivity contribution in [2.24, 2.45) is 0 Å². The molecule has 4 aromatic rings. The van der Waals surface area contributed by atoms with Crippen molar-refractivity contribution >= 4 is 38.4 Å². The molecule has 24 heavy (non-hydrogen) atoms. The first-order valence-electron chi connectivity index (χ1n) is 7.41. The van der Waals surface area contributed by atoms with Crippen LogP contribution in [-0.2, 0) is 6.54 Å². The lowest BCUT2D eigenvalue weighted by Crippen LogP contribution is -2.28. The van der Waals surface area contributed by atoms with Crippen LogP contribution in [0.1, 0.15) is 16.3 Å². The van der Waals surface area contributed by atoms with Crippen LogP contribution in [0.15, 0.2) is 46.6 Å².